The first-order valence-corrected chi connectivity index (χ1v) is 8.39. The van der Waals surface area contributed by atoms with Crippen molar-refractivity contribution >= 4 is 44.1 Å². The second kappa shape index (κ2) is 5.55. The van der Waals surface area contributed by atoms with Crippen molar-refractivity contribution in [3.63, 3.8) is 0 Å². The number of hydrogen-bond acceptors (Lipinski definition) is 3. The van der Waals surface area contributed by atoms with Gasteiger partial charge >= 0.3 is 0 Å². The summed E-state index contributed by atoms with van der Waals surface area (Å²) in [5.41, 5.74) is 3.80. The van der Waals surface area contributed by atoms with E-state index >= 15 is 0 Å². The largest absolute Gasteiger partial charge is 0.251 e. The minimum absolute atomic E-state index is 0.223. The standard InChI is InChI=1S/C18H12ClFN2S/c1-10-17-18(14-9-12(19)4-7-15(14)21-10)23-16(22-17)8-11-2-5-13(20)6-3-11/h2-7,9H,8H2,1H3. The second-order valence-corrected chi connectivity index (χ2v) is 6.97. The summed E-state index contributed by atoms with van der Waals surface area (Å²) in [6, 6.07) is 12.3. The summed E-state index contributed by atoms with van der Waals surface area (Å²) in [4.78, 5) is 9.34. The topological polar surface area (TPSA) is 25.8 Å². The molecule has 0 aliphatic rings. The van der Waals surface area contributed by atoms with E-state index < -0.39 is 0 Å². The van der Waals surface area contributed by atoms with E-state index in [-0.39, 0.29) is 5.82 Å². The highest BCUT2D eigenvalue weighted by atomic mass is 35.5. The molecule has 5 heteroatoms. The molecule has 0 amide bonds. The summed E-state index contributed by atoms with van der Waals surface area (Å²) in [5, 5.41) is 2.71. The molecule has 2 aromatic carbocycles. The van der Waals surface area contributed by atoms with Gasteiger partial charge in [0.15, 0.2) is 0 Å². The van der Waals surface area contributed by atoms with Crippen LogP contribution < -0.4 is 0 Å². The van der Waals surface area contributed by atoms with Crippen molar-refractivity contribution in [2.45, 2.75) is 13.3 Å². The number of pyridine rings is 1. The van der Waals surface area contributed by atoms with E-state index in [9.17, 15) is 4.39 Å². The molecule has 0 unspecified atom stereocenters. The number of thiazole rings is 1. The molecule has 2 aromatic heterocycles. The number of nitrogens with zero attached hydrogens (tertiary/aromatic N) is 2. The first-order chi connectivity index (χ1) is 11.1. The van der Waals surface area contributed by atoms with E-state index in [4.69, 9.17) is 16.6 Å². The average Bonchev–Trinajstić information content (AvgIpc) is 2.95. The molecule has 2 nitrogen and oxygen atoms in total. The Morgan fingerprint density at radius 2 is 1.87 bits per heavy atom. The smallest absolute Gasteiger partial charge is 0.123 e. The summed E-state index contributed by atoms with van der Waals surface area (Å²) in [6.07, 6.45) is 0.682. The summed E-state index contributed by atoms with van der Waals surface area (Å²) in [6.45, 7) is 1.97. The average molecular weight is 343 g/mol. The second-order valence-electron chi connectivity index (χ2n) is 5.45. The normalized spacial score (nSPS) is 11.4. The minimum Gasteiger partial charge on any atom is -0.251 e. The molecule has 0 atom stereocenters. The molecule has 0 fully saturated rings. The van der Waals surface area contributed by atoms with E-state index in [1.807, 2.05) is 25.1 Å². The molecule has 114 valence electrons. The third kappa shape index (κ3) is 2.69. The summed E-state index contributed by atoms with van der Waals surface area (Å²) >= 11 is 7.78. The van der Waals surface area contributed by atoms with Crippen molar-refractivity contribution < 1.29 is 4.39 Å². The van der Waals surface area contributed by atoms with Crippen LogP contribution in [0.4, 0.5) is 4.39 Å². The quantitative estimate of drug-likeness (QED) is 0.478. The van der Waals surface area contributed by atoms with Crippen molar-refractivity contribution in [1.82, 2.24) is 9.97 Å². The molecule has 0 spiro atoms. The SMILES string of the molecule is Cc1nc2ccc(Cl)cc2c2sc(Cc3ccc(F)cc3)nc12. The van der Waals surface area contributed by atoms with E-state index in [2.05, 4.69) is 4.98 Å². The molecular formula is C18H12ClFN2S. The van der Waals surface area contributed by atoms with Crippen LogP contribution in [0.15, 0.2) is 42.5 Å². The first-order valence-electron chi connectivity index (χ1n) is 7.20. The molecule has 2 heterocycles. The van der Waals surface area contributed by atoms with E-state index in [0.29, 0.717) is 11.4 Å². The lowest BCUT2D eigenvalue weighted by atomic mass is 10.1. The fourth-order valence-corrected chi connectivity index (χ4v) is 4.01. The van der Waals surface area contributed by atoms with Crippen LogP contribution in [0.3, 0.4) is 0 Å². The van der Waals surface area contributed by atoms with Gasteiger partial charge < -0.3 is 0 Å². The maximum Gasteiger partial charge on any atom is 0.123 e. The third-order valence-electron chi connectivity index (χ3n) is 3.77. The maximum absolute atomic E-state index is 13.0. The molecule has 0 N–H and O–H groups in total. The van der Waals surface area contributed by atoms with Gasteiger partial charge in [-0.3, -0.25) is 4.98 Å². The Bertz CT molecular complexity index is 1020. The molecule has 4 aromatic rings. The Hall–Kier alpha value is -2.04. The highest BCUT2D eigenvalue weighted by Crippen LogP contribution is 2.33. The fraction of sp³-hybridized carbons (Fsp3) is 0.111. The van der Waals surface area contributed by atoms with Crippen molar-refractivity contribution in [2.75, 3.05) is 0 Å². The van der Waals surface area contributed by atoms with Gasteiger partial charge in [-0.05, 0) is 42.8 Å². The number of benzene rings is 2. The molecule has 23 heavy (non-hydrogen) atoms. The van der Waals surface area contributed by atoms with Crippen molar-refractivity contribution in [3.05, 3.63) is 69.6 Å². The molecule has 4 rings (SSSR count). The number of fused-ring (bicyclic) bond motifs is 3. The number of aryl methyl sites for hydroxylation is 1. The van der Waals surface area contributed by atoms with Crippen LogP contribution in [0.25, 0.3) is 21.1 Å². The Labute approximate surface area is 141 Å². The number of hydrogen-bond donors (Lipinski definition) is 0. The summed E-state index contributed by atoms with van der Waals surface area (Å²) in [5.74, 6) is -0.223. The van der Waals surface area contributed by atoms with Crippen LogP contribution in [-0.4, -0.2) is 9.97 Å². The van der Waals surface area contributed by atoms with Crippen LogP contribution in [0, 0.1) is 12.7 Å². The van der Waals surface area contributed by atoms with Crippen LogP contribution >= 0.6 is 22.9 Å². The van der Waals surface area contributed by atoms with Gasteiger partial charge in [0, 0.05) is 16.8 Å². The molecule has 0 bridgehead atoms. The monoisotopic (exact) mass is 342 g/mol. The van der Waals surface area contributed by atoms with E-state index in [1.54, 1.807) is 23.5 Å². The minimum atomic E-state index is -0.223. The van der Waals surface area contributed by atoms with Crippen molar-refractivity contribution in [2.24, 2.45) is 0 Å². The highest BCUT2D eigenvalue weighted by Gasteiger charge is 2.12. The van der Waals surface area contributed by atoms with Gasteiger partial charge in [-0.15, -0.1) is 11.3 Å². The Balaban J connectivity index is 1.86. The zero-order valence-electron chi connectivity index (χ0n) is 12.3. The zero-order chi connectivity index (χ0) is 16.0. The summed E-state index contributed by atoms with van der Waals surface area (Å²) < 4.78 is 14.1. The lowest BCUT2D eigenvalue weighted by molar-refractivity contribution is 0.627. The number of aromatic nitrogens is 2. The Morgan fingerprint density at radius 3 is 2.65 bits per heavy atom. The van der Waals surface area contributed by atoms with Crippen LogP contribution in [-0.2, 0) is 6.42 Å². The van der Waals surface area contributed by atoms with Gasteiger partial charge in [0.1, 0.15) is 11.3 Å². The lowest BCUT2D eigenvalue weighted by Crippen LogP contribution is -1.88. The van der Waals surface area contributed by atoms with Crippen LogP contribution in [0.5, 0.6) is 0 Å². The van der Waals surface area contributed by atoms with Gasteiger partial charge in [-0.1, -0.05) is 23.7 Å². The van der Waals surface area contributed by atoms with Gasteiger partial charge in [0.25, 0.3) is 0 Å². The van der Waals surface area contributed by atoms with Gasteiger partial charge in [0.05, 0.1) is 20.9 Å². The van der Waals surface area contributed by atoms with Gasteiger partial charge in [-0.25, -0.2) is 9.37 Å². The van der Waals surface area contributed by atoms with Crippen molar-refractivity contribution in [3.8, 4) is 0 Å². The molecule has 0 saturated heterocycles. The first kappa shape index (κ1) is 14.5. The summed E-state index contributed by atoms with van der Waals surface area (Å²) in [7, 11) is 0. The number of halogens is 2. The predicted octanol–water partition coefficient (Wildman–Crippen LogP) is 5.54. The molecule has 0 aliphatic heterocycles. The Kier molecular flexibility index (Phi) is 3.51. The fourth-order valence-electron chi connectivity index (χ4n) is 2.67. The van der Waals surface area contributed by atoms with E-state index in [0.717, 1.165) is 37.4 Å². The predicted molar refractivity (Wildman–Crippen MR) is 93.9 cm³/mol. The van der Waals surface area contributed by atoms with Crippen LogP contribution in [0.2, 0.25) is 5.02 Å². The van der Waals surface area contributed by atoms with E-state index in [1.165, 1.54) is 12.1 Å². The molecule has 0 radical (unpaired) electrons. The Morgan fingerprint density at radius 1 is 1.09 bits per heavy atom. The molecular weight excluding hydrogens is 331 g/mol. The highest BCUT2D eigenvalue weighted by molar-refractivity contribution is 7.19. The van der Waals surface area contributed by atoms with Gasteiger partial charge in [-0.2, -0.15) is 0 Å². The van der Waals surface area contributed by atoms with Crippen molar-refractivity contribution in [1.29, 1.82) is 0 Å². The van der Waals surface area contributed by atoms with Crippen LogP contribution in [0.1, 0.15) is 16.3 Å². The maximum atomic E-state index is 13.0. The molecule has 0 saturated carbocycles. The lowest BCUT2D eigenvalue weighted by Gasteiger charge is -2.01. The third-order valence-corrected chi connectivity index (χ3v) is 5.10. The number of rotatable bonds is 2. The van der Waals surface area contributed by atoms with Gasteiger partial charge in [0.2, 0.25) is 0 Å². The zero-order valence-corrected chi connectivity index (χ0v) is 13.9. The molecule has 0 aliphatic carbocycles.